The van der Waals surface area contributed by atoms with Crippen LogP contribution in [-0.4, -0.2) is 48.8 Å². The lowest BCUT2D eigenvalue weighted by Gasteiger charge is -2.43. The molecule has 19 heavy (non-hydrogen) atoms. The first-order valence-electron chi connectivity index (χ1n) is 7.57. The largest absolute Gasteiger partial charge is 0.481 e. The van der Waals surface area contributed by atoms with Crippen molar-refractivity contribution in [3.63, 3.8) is 0 Å². The van der Waals surface area contributed by atoms with E-state index in [-0.39, 0.29) is 12.0 Å². The maximum atomic E-state index is 11.4. The second-order valence-electron chi connectivity index (χ2n) is 6.36. The topological polar surface area (TPSA) is 49.8 Å². The molecule has 2 fully saturated rings. The molecule has 0 spiro atoms. The summed E-state index contributed by atoms with van der Waals surface area (Å²) in [6.07, 6.45) is 5.24. The number of rotatable bonds is 4. The van der Waals surface area contributed by atoms with E-state index < -0.39 is 5.97 Å². The Morgan fingerprint density at radius 2 is 1.95 bits per heavy atom. The Balaban J connectivity index is 1.93. The smallest absolute Gasteiger partial charge is 0.308 e. The second kappa shape index (κ2) is 6.71. The molecule has 0 bridgehead atoms. The fourth-order valence-electron chi connectivity index (χ4n) is 3.73. The van der Waals surface area contributed by atoms with Crippen LogP contribution >= 0.6 is 0 Å². The third kappa shape index (κ3) is 3.69. The highest BCUT2D eigenvalue weighted by atomic mass is 16.5. The monoisotopic (exact) mass is 269 g/mol. The molecule has 2 rings (SSSR count). The van der Waals surface area contributed by atoms with Crippen LogP contribution in [0.1, 0.15) is 39.0 Å². The van der Waals surface area contributed by atoms with E-state index in [0.29, 0.717) is 11.8 Å². The van der Waals surface area contributed by atoms with Crippen LogP contribution in [-0.2, 0) is 9.53 Å². The van der Waals surface area contributed by atoms with Crippen molar-refractivity contribution >= 4 is 5.97 Å². The first-order valence-corrected chi connectivity index (χ1v) is 7.57. The Hall–Kier alpha value is -0.610. The van der Waals surface area contributed by atoms with Gasteiger partial charge in [-0.15, -0.1) is 0 Å². The summed E-state index contributed by atoms with van der Waals surface area (Å²) in [4.78, 5) is 13.9. The van der Waals surface area contributed by atoms with Crippen LogP contribution in [0.3, 0.4) is 0 Å². The molecule has 0 aromatic heterocycles. The van der Waals surface area contributed by atoms with Gasteiger partial charge < -0.3 is 9.84 Å². The van der Waals surface area contributed by atoms with Crippen molar-refractivity contribution in [3.05, 3.63) is 0 Å². The molecule has 4 nitrogen and oxygen atoms in total. The van der Waals surface area contributed by atoms with Gasteiger partial charge in [-0.2, -0.15) is 0 Å². The first kappa shape index (κ1) is 14.8. The van der Waals surface area contributed by atoms with E-state index in [0.717, 1.165) is 51.8 Å². The van der Waals surface area contributed by atoms with E-state index in [1.165, 1.54) is 0 Å². The number of nitrogens with zero attached hydrogens (tertiary/aromatic N) is 1. The van der Waals surface area contributed by atoms with Crippen molar-refractivity contribution in [2.75, 3.05) is 26.8 Å². The van der Waals surface area contributed by atoms with Gasteiger partial charge in [0.15, 0.2) is 0 Å². The normalized spacial score (nSPS) is 34.3. The van der Waals surface area contributed by atoms with Gasteiger partial charge in [0.25, 0.3) is 0 Å². The minimum Gasteiger partial charge on any atom is -0.481 e. The summed E-state index contributed by atoms with van der Waals surface area (Å²) in [5.41, 5.74) is 0. The van der Waals surface area contributed by atoms with Crippen molar-refractivity contribution in [3.8, 4) is 0 Å². The Morgan fingerprint density at radius 3 is 2.53 bits per heavy atom. The van der Waals surface area contributed by atoms with E-state index in [9.17, 15) is 9.90 Å². The van der Waals surface area contributed by atoms with Crippen LogP contribution in [0, 0.1) is 17.8 Å². The molecule has 2 aliphatic rings. The van der Waals surface area contributed by atoms with Crippen molar-refractivity contribution < 1.29 is 14.6 Å². The summed E-state index contributed by atoms with van der Waals surface area (Å²) >= 11 is 0. The van der Waals surface area contributed by atoms with Gasteiger partial charge in [0.05, 0.1) is 5.92 Å². The number of piperidine rings is 1. The minimum absolute atomic E-state index is 0.157. The fourth-order valence-corrected chi connectivity index (χ4v) is 3.73. The van der Waals surface area contributed by atoms with Crippen LogP contribution in [0.4, 0.5) is 0 Å². The number of hydrogen-bond donors (Lipinski definition) is 1. The quantitative estimate of drug-likeness (QED) is 0.850. The van der Waals surface area contributed by atoms with E-state index in [1.807, 2.05) is 0 Å². The van der Waals surface area contributed by atoms with Crippen LogP contribution < -0.4 is 0 Å². The molecule has 1 aliphatic heterocycles. The molecular weight excluding hydrogens is 242 g/mol. The number of carboxylic acids is 1. The zero-order valence-corrected chi connectivity index (χ0v) is 12.2. The molecule has 1 N–H and O–H groups in total. The molecule has 0 aromatic carbocycles. The predicted octanol–water partition coefficient (Wildman–Crippen LogP) is 2.23. The SMILES string of the molecule is COCC1CCN(C2CC(C)CCC2C(=O)O)CC1. The van der Waals surface area contributed by atoms with Crippen molar-refractivity contribution in [2.24, 2.45) is 17.8 Å². The number of likely N-dealkylation sites (tertiary alicyclic amines) is 1. The van der Waals surface area contributed by atoms with Gasteiger partial charge in [0.2, 0.25) is 0 Å². The third-order valence-electron chi connectivity index (χ3n) is 4.92. The third-order valence-corrected chi connectivity index (χ3v) is 4.92. The lowest BCUT2D eigenvalue weighted by Crippen LogP contribution is -2.50. The standard InChI is InChI=1S/C15H27NO3/c1-11-3-4-13(15(17)18)14(9-11)16-7-5-12(6-8-16)10-19-2/h11-14H,3-10H2,1-2H3,(H,17,18). The van der Waals surface area contributed by atoms with Gasteiger partial charge in [-0.05, 0) is 57.0 Å². The average molecular weight is 269 g/mol. The molecule has 1 saturated carbocycles. The van der Waals surface area contributed by atoms with Gasteiger partial charge in [-0.25, -0.2) is 0 Å². The van der Waals surface area contributed by atoms with E-state index in [4.69, 9.17) is 4.74 Å². The Kier molecular flexibility index (Phi) is 5.22. The fraction of sp³-hybridized carbons (Fsp3) is 0.933. The molecule has 0 aromatic rings. The summed E-state index contributed by atoms with van der Waals surface area (Å²) in [6.45, 7) is 5.17. The number of hydrogen-bond acceptors (Lipinski definition) is 3. The average Bonchev–Trinajstić information content (AvgIpc) is 2.39. The maximum Gasteiger partial charge on any atom is 0.308 e. The van der Waals surface area contributed by atoms with Crippen LogP contribution in [0.5, 0.6) is 0 Å². The second-order valence-corrected chi connectivity index (χ2v) is 6.36. The zero-order valence-electron chi connectivity index (χ0n) is 12.2. The number of aliphatic carboxylic acids is 1. The van der Waals surface area contributed by atoms with Crippen molar-refractivity contribution in [2.45, 2.75) is 45.1 Å². The highest BCUT2D eigenvalue weighted by molar-refractivity contribution is 5.71. The molecule has 110 valence electrons. The number of carboxylic acid groups (broad SMARTS) is 1. The summed E-state index contributed by atoms with van der Waals surface area (Å²) < 4.78 is 5.23. The summed E-state index contributed by atoms with van der Waals surface area (Å²) in [5, 5.41) is 9.42. The molecule has 4 heteroatoms. The Morgan fingerprint density at radius 1 is 1.26 bits per heavy atom. The van der Waals surface area contributed by atoms with Crippen molar-refractivity contribution in [1.29, 1.82) is 0 Å². The first-order chi connectivity index (χ1) is 9.11. The lowest BCUT2D eigenvalue weighted by atomic mass is 9.77. The molecule has 0 amide bonds. The molecule has 1 heterocycles. The minimum atomic E-state index is -0.601. The Labute approximate surface area is 116 Å². The van der Waals surface area contributed by atoms with E-state index in [2.05, 4.69) is 11.8 Å². The summed E-state index contributed by atoms with van der Waals surface area (Å²) in [6, 6.07) is 0.254. The molecular formula is C15H27NO3. The van der Waals surface area contributed by atoms with E-state index >= 15 is 0 Å². The van der Waals surface area contributed by atoms with Crippen LogP contribution in [0.25, 0.3) is 0 Å². The maximum absolute atomic E-state index is 11.4. The van der Waals surface area contributed by atoms with Crippen molar-refractivity contribution in [1.82, 2.24) is 4.90 Å². The van der Waals surface area contributed by atoms with Crippen LogP contribution in [0.15, 0.2) is 0 Å². The highest BCUT2D eigenvalue weighted by Gasteiger charge is 2.38. The summed E-state index contributed by atoms with van der Waals surface area (Å²) in [5.74, 6) is 0.564. The molecule has 1 saturated heterocycles. The number of methoxy groups -OCH3 is 1. The lowest BCUT2D eigenvalue weighted by molar-refractivity contribution is -0.146. The van der Waals surface area contributed by atoms with Crippen LogP contribution in [0.2, 0.25) is 0 Å². The van der Waals surface area contributed by atoms with Gasteiger partial charge in [0.1, 0.15) is 0 Å². The number of carbonyl (C=O) groups is 1. The van der Waals surface area contributed by atoms with Gasteiger partial charge >= 0.3 is 5.97 Å². The number of ether oxygens (including phenoxy) is 1. The van der Waals surface area contributed by atoms with Gasteiger partial charge in [-0.1, -0.05) is 6.92 Å². The Bertz CT molecular complexity index is 300. The van der Waals surface area contributed by atoms with Gasteiger partial charge in [0, 0.05) is 19.8 Å². The van der Waals surface area contributed by atoms with Gasteiger partial charge in [-0.3, -0.25) is 9.69 Å². The molecule has 3 unspecified atom stereocenters. The summed E-state index contributed by atoms with van der Waals surface area (Å²) in [7, 11) is 1.76. The highest BCUT2D eigenvalue weighted by Crippen LogP contribution is 2.34. The zero-order chi connectivity index (χ0) is 13.8. The predicted molar refractivity (Wildman–Crippen MR) is 74.1 cm³/mol. The molecule has 3 atom stereocenters. The van der Waals surface area contributed by atoms with E-state index in [1.54, 1.807) is 7.11 Å². The molecule has 0 radical (unpaired) electrons. The molecule has 1 aliphatic carbocycles.